The third-order valence-electron chi connectivity index (χ3n) is 4.47. The number of aryl methyl sites for hydroxylation is 2. The van der Waals surface area contributed by atoms with Crippen molar-refractivity contribution in [1.29, 1.82) is 0 Å². The maximum Gasteiger partial charge on any atom is 0.224 e. The Morgan fingerprint density at radius 3 is 2.65 bits per heavy atom. The first-order valence-electron chi connectivity index (χ1n) is 8.01. The van der Waals surface area contributed by atoms with Crippen molar-refractivity contribution in [3.63, 3.8) is 0 Å². The summed E-state index contributed by atoms with van der Waals surface area (Å²) in [5, 5.41) is 3.04. The van der Waals surface area contributed by atoms with Crippen molar-refractivity contribution in [1.82, 2.24) is 9.62 Å². The van der Waals surface area contributed by atoms with Crippen LogP contribution in [0.15, 0.2) is 18.2 Å². The van der Waals surface area contributed by atoms with E-state index in [0.717, 1.165) is 24.0 Å². The van der Waals surface area contributed by atoms with Crippen LogP contribution in [0.1, 0.15) is 42.5 Å². The number of benzene rings is 1. The first-order chi connectivity index (χ1) is 10.7. The molecule has 2 atom stereocenters. The lowest BCUT2D eigenvalue weighted by molar-refractivity contribution is -0.126. The summed E-state index contributed by atoms with van der Waals surface area (Å²) < 4.78 is 24.7. The number of amides is 1. The Labute approximate surface area is 139 Å². The van der Waals surface area contributed by atoms with Gasteiger partial charge < -0.3 is 5.32 Å². The van der Waals surface area contributed by atoms with Crippen LogP contribution in [0.4, 0.5) is 0 Å². The number of nitrogens with zero attached hydrogens (tertiary/aromatic N) is 1. The highest BCUT2D eigenvalue weighted by molar-refractivity contribution is 7.88. The minimum Gasteiger partial charge on any atom is -0.349 e. The fraction of sp³-hybridized carbons (Fsp3) is 0.588. The maximum absolute atomic E-state index is 12.5. The molecule has 1 N–H and O–H groups in total. The Morgan fingerprint density at radius 1 is 1.35 bits per heavy atom. The average molecular weight is 338 g/mol. The second kappa shape index (κ2) is 7.01. The Hall–Kier alpha value is -1.40. The summed E-state index contributed by atoms with van der Waals surface area (Å²) in [5.41, 5.74) is 3.44. The second-order valence-electron chi connectivity index (χ2n) is 6.55. The summed E-state index contributed by atoms with van der Waals surface area (Å²) in [6.45, 7) is 6.84. The second-order valence-corrected chi connectivity index (χ2v) is 8.53. The van der Waals surface area contributed by atoms with Crippen LogP contribution in [0.3, 0.4) is 0 Å². The fourth-order valence-corrected chi connectivity index (χ4v) is 4.09. The summed E-state index contributed by atoms with van der Waals surface area (Å²) in [5.74, 6) is -0.336. The Balaban J connectivity index is 2.03. The molecular weight excluding hydrogens is 312 g/mol. The maximum atomic E-state index is 12.5. The van der Waals surface area contributed by atoms with E-state index in [9.17, 15) is 13.2 Å². The lowest BCUT2D eigenvalue weighted by Gasteiger charge is -2.31. The molecule has 1 saturated heterocycles. The smallest absolute Gasteiger partial charge is 0.224 e. The quantitative estimate of drug-likeness (QED) is 0.915. The number of sulfonamides is 1. The zero-order chi connectivity index (χ0) is 17.2. The highest BCUT2D eigenvalue weighted by atomic mass is 32.2. The topological polar surface area (TPSA) is 66.5 Å². The lowest BCUT2D eigenvalue weighted by atomic mass is 9.96. The molecule has 0 saturated carbocycles. The molecule has 1 fully saturated rings. The predicted octanol–water partition coefficient (Wildman–Crippen LogP) is 2.15. The molecule has 23 heavy (non-hydrogen) atoms. The molecule has 1 heterocycles. The number of hydrogen-bond acceptors (Lipinski definition) is 3. The van der Waals surface area contributed by atoms with Crippen LogP contribution in [0.25, 0.3) is 0 Å². The first kappa shape index (κ1) is 17.9. The third-order valence-corrected chi connectivity index (χ3v) is 5.74. The summed E-state index contributed by atoms with van der Waals surface area (Å²) >= 11 is 0. The van der Waals surface area contributed by atoms with Crippen LogP contribution in [0, 0.1) is 19.8 Å². The molecule has 0 radical (unpaired) electrons. The molecule has 0 unspecified atom stereocenters. The number of nitrogens with one attached hydrogen (secondary N) is 1. The van der Waals surface area contributed by atoms with E-state index in [-0.39, 0.29) is 24.4 Å². The first-order valence-corrected chi connectivity index (χ1v) is 9.86. The van der Waals surface area contributed by atoms with Gasteiger partial charge in [-0.1, -0.05) is 23.8 Å². The van der Waals surface area contributed by atoms with Gasteiger partial charge in [-0.2, -0.15) is 0 Å². The van der Waals surface area contributed by atoms with Crippen LogP contribution >= 0.6 is 0 Å². The zero-order valence-electron chi connectivity index (χ0n) is 14.3. The molecule has 1 aromatic rings. The summed E-state index contributed by atoms with van der Waals surface area (Å²) in [6.07, 6.45) is 2.66. The van der Waals surface area contributed by atoms with Crippen LogP contribution in [0.5, 0.6) is 0 Å². The zero-order valence-corrected chi connectivity index (χ0v) is 15.1. The number of hydrogen-bond donors (Lipinski definition) is 1. The molecule has 1 aliphatic heterocycles. The highest BCUT2D eigenvalue weighted by Crippen LogP contribution is 2.22. The van der Waals surface area contributed by atoms with Crippen LogP contribution < -0.4 is 5.32 Å². The van der Waals surface area contributed by atoms with E-state index in [2.05, 4.69) is 11.4 Å². The molecule has 0 spiro atoms. The van der Waals surface area contributed by atoms with E-state index in [1.807, 2.05) is 32.9 Å². The summed E-state index contributed by atoms with van der Waals surface area (Å²) in [6, 6.07) is 6.09. The van der Waals surface area contributed by atoms with Crippen LogP contribution in [0.2, 0.25) is 0 Å². The molecule has 1 amide bonds. The highest BCUT2D eigenvalue weighted by Gasteiger charge is 2.30. The number of carbonyl (C=O) groups is 1. The van der Waals surface area contributed by atoms with Gasteiger partial charge in [-0.3, -0.25) is 4.79 Å². The van der Waals surface area contributed by atoms with E-state index >= 15 is 0 Å². The van der Waals surface area contributed by atoms with Gasteiger partial charge in [0.25, 0.3) is 0 Å². The Kier molecular flexibility index (Phi) is 5.47. The van der Waals surface area contributed by atoms with E-state index in [1.54, 1.807) is 0 Å². The fourth-order valence-electron chi connectivity index (χ4n) is 3.18. The minimum atomic E-state index is -3.23. The number of piperidine rings is 1. The monoisotopic (exact) mass is 338 g/mol. The van der Waals surface area contributed by atoms with Gasteiger partial charge in [0.05, 0.1) is 18.2 Å². The van der Waals surface area contributed by atoms with Crippen molar-refractivity contribution < 1.29 is 13.2 Å². The van der Waals surface area contributed by atoms with Crippen molar-refractivity contribution >= 4 is 15.9 Å². The molecule has 5 nitrogen and oxygen atoms in total. The van der Waals surface area contributed by atoms with Gasteiger partial charge in [-0.05, 0) is 44.7 Å². The number of rotatable bonds is 4. The van der Waals surface area contributed by atoms with Crippen molar-refractivity contribution in [2.45, 2.75) is 39.7 Å². The summed E-state index contributed by atoms with van der Waals surface area (Å²) in [7, 11) is -3.23. The largest absolute Gasteiger partial charge is 0.349 e. The van der Waals surface area contributed by atoms with E-state index in [0.29, 0.717) is 6.54 Å². The molecule has 1 aromatic carbocycles. The van der Waals surface area contributed by atoms with Gasteiger partial charge in [-0.15, -0.1) is 0 Å². The number of carbonyl (C=O) groups excluding carboxylic acids is 1. The molecule has 2 rings (SSSR count). The van der Waals surface area contributed by atoms with Crippen LogP contribution in [-0.2, 0) is 14.8 Å². The molecular formula is C17H26N2O3S. The van der Waals surface area contributed by atoms with Gasteiger partial charge in [0.1, 0.15) is 0 Å². The Bertz CT molecular complexity index is 685. The standard InChI is InChI=1S/C17H26N2O3S/c1-12-7-8-16(13(2)10-12)14(3)18-17(20)15-6-5-9-19(11-15)23(4,21)22/h7-8,10,14-15H,5-6,9,11H2,1-4H3,(H,18,20)/t14-,15+/m0/s1. The Morgan fingerprint density at radius 2 is 2.04 bits per heavy atom. The minimum absolute atomic E-state index is 0.0641. The van der Waals surface area contributed by atoms with Crippen molar-refractivity contribution in [2.75, 3.05) is 19.3 Å². The summed E-state index contributed by atoms with van der Waals surface area (Å²) in [4.78, 5) is 12.5. The van der Waals surface area contributed by atoms with Crippen molar-refractivity contribution in [3.8, 4) is 0 Å². The molecule has 128 valence electrons. The van der Waals surface area contributed by atoms with Gasteiger partial charge in [-0.25, -0.2) is 12.7 Å². The third kappa shape index (κ3) is 4.54. The van der Waals surface area contributed by atoms with Crippen molar-refractivity contribution in [2.24, 2.45) is 5.92 Å². The molecule has 0 bridgehead atoms. The molecule has 0 aliphatic carbocycles. The SMILES string of the molecule is Cc1ccc([C@H](C)NC(=O)[C@@H]2CCCN(S(C)(=O)=O)C2)c(C)c1. The van der Waals surface area contributed by atoms with Gasteiger partial charge in [0.15, 0.2) is 0 Å². The van der Waals surface area contributed by atoms with Gasteiger partial charge in [0.2, 0.25) is 15.9 Å². The van der Waals surface area contributed by atoms with Gasteiger partial charge >= 0.3 is 0 Å². The molecule has 1 aliphatic rings. The lowest BCUT2D eigenvalue weighted by Crippen LogP contribution is -2.45. The normalized spacial score (nSPS) is 21.0. The van der Waals surface area contributed by atoms with Crippen molar-refractivity contribution in [3.05, 3.63) is 34.9 Å². The van der Waals surface area contributed by atoms with Gasteiger partial charge in [0, 0.05) is 13.1 Å². The predicted molar refractivity (Wildman–Crippen MR) is 91.6 cm³/mol. The van der Waals surface area contributed by atoms with Crippen LogP contribution in [-0.4, -0.2) is 38.0 Å². The van der Waals surface area contributed by atoms with E-state index in [4.69, 9.17) is 0 Å². The van der Waals surface area contributed by atoms with E-state index < -0.39 is 10.0 Å². The van der Waals surface area contributed by atoms with E-state index in [1.165, 1.54) is 16.1 Å². The molecule has 6 heteroatoms. The molecule has 0 aromatic heterocycles. The average Bonchev–Trinajstić information content (AvgIpc) is 2.46.